The minimum absolute atomic E-state index is 0.106. The van der Waals surface area contributed by atoms with Crippen LogP contribution in [0.3, 0.4) is 0 Å². The van der Waals surface area contributed by atoms with Crippen molar-refractivity contribution >= 4 is 20.7 Å². The number of hydrogen-bond acceptors (Lipinski definition) is 6. The summed E-state index contributed by atoms with van der Waals surface area (Å²) in [6, 6.07) is 8.43. The van der Waals surface area contributed by atoms with Gasteiger partial charge in [-0.1, -0.05) is 31.8 Å². The van der Waals surface area contributed by atoms with E-state index >= 15 is 0 Å². The summed E-state index contributed by atoms with van der Waals surface area (Å²) >= 11 is 0. The summed E-state index contributed by atoms with van der Waals surface area (Å²) in [5.41, 5.74) is 0.393. The monoisotopic (exact) mass is 418 g/mol. The van der Waals surface area contributed by atoms with Crippen molar-refractivity contribution in [2.45, 2.75) is 71.3 Å². The lowest BCUT2D eigenvalue weighted by Crippen LogP contribution is -2.41. The molecule has 10 heteroatoms. The molecule has 29 heavy (non-hydrogen) atoms. The number of ether oxygens (including phenoxy) is 1. The van der Waals surface area contributed by atoms with Gasteiger partial charge >= 0.3 is 12.8 Å². The molecule has 8 nitrogen and oxygen atoms in total. The van der Waals surface area contributed by atoms with E-state index in [0.717, 1.165) is 11.5 Å². The molecule has 0 atom stereocenters. The quantitative estimate of drug-likeness (QED) is 0.506. The second-order valence-electron chi connectivity index (χ2n) is 9.70. The third-order valence-electron chi connectivity index (χ3n) is 5.51. The zero-order valence-electron chi connectivity index (χ0n) is 18.4. The molecule has 1 fully saturated rings. The van der Waals surface area contributed by atoms with Gasteiger partial charge in [-0.25, -0.2) is 4.79 Å². The van der Waals surface area contributed by atoms with Crippen LogP contribution in [-0.2, 0) is 20.8 Å². The predicted molar refractivity (Wildman–Crippen MR) is 115 cm³/mol. The van der Waals surface area contributed by atoms with Crippen LogP contribution in [0.25, 0.3) is 5.69 Å². The Morgan fingerprint density at radius 2 is 1.62 bits per heavy atom. The molecule has 1 aromatic carbocycles. The zero-order valence-corrected chi connectivity index (χ0v) is 19.4. The third kappa shape index (κ3) is 4.88. The molecule has 1 aliphatic rings. The molecule has 1 saturated heterocycles. The first-order chi connectivity index (χ1) is 13.4. The van der Waals surface area contributed by atoms with E-state index in [4.69, 9.17) is 14.0 Å². The fourth-order valence-corrected chi connectivity index (χ4v) is 3.56. The summed E-state index contributed by atoms with van der Waals surface area (Å²) in [7, 11) is -1.61. The average Bonchev–Trinajstić information content (AvgIpc) is 3.07. The van der Waals surface area contributed by atoms with Crippen molar-refractivity contribution in [1.29, 1.82) is 0 Å². The highest BCUT2D eigenvalue weighted by molar-refractivity contribution is 6.76. The van der Waals surface area contributed by atoms with Crippen LogP contribution < -0.4 is 11.2 Å². The average molecular weight is 418 g/mol. The van der Waals surface area contributed by atoms with E-state index in [2.05, 4.69) is 30.1 Å². The molecule has 1 aromatic heterocycles. The van der Waals surface area contributed by atoms with Crippen LogP contribution in [0, 0.1) is 0 Å². The van der Waals surface area contributed by atoms with Crippen LogP contribution >= 0.6 is 0 Å². The van der Waals surface area contributed by atoms with Gasteiger partial charge in [0, 0.05) is 14.7 Å². The van der Waals surface area contributed by atoms with Crippen LogP contribution in [-0.4, -0.2) is 52.8 Å². The lowest BCUT2D eigenvalue weighted by molar-refractivity contribution is 0.00578. The van der Waals surface area contributed by atoms with Crippen molar-refractivity contribution in [3.05, 3.63) is 34.7 Å². The van der Waals surface area contributed by atoms with Gasteiger partial charge in [-0.15, -0.1) is 0 Å². The Balaban J connectivity index is 1.67. The van der Waals surface area contributed by atoms with Gasteiger partial charge in [-0.2, -0.15) is 9.36 Å². The first-order valence-corrected chi connectivity index (χ1v) is 13.7. The fourth-order valence-electron chi connectivity index (χ4n) is 2.80. The van der Waals surface area contributed by atoms with E-state index in [-0.39, 0.29) is 12.4 Å². The van der Waals surface area contributed by atoms with Gasteiger partial charge in [0.15, 0.2) is 0 Å². The molecule has 1 aliphatic heterocycles. The van der Waals surface area contributed by atoms with Crippen molar-refractivity contribution in [2.24, 2.45) is 0 Å². The molecule has 0 aliphatic carbocycles. The van der Waals surface area contributed by atoms with Gasteiger partial charge < -0.3 is 14.0 Å². The first kappa shape index (κ1) is 21.9. The number of rotatable bonds is 7. The largest absolute Gasteiger partial charge is 0.494 e. The second kappa shape index (κ2) is 7.83. The summed E-state index contributed by atoms with van der Waals surface area (Å²) in [6.45, 7) is 15.7. The van der Waals surface area contributed by atoms with E-state index in [0.29, 0.717) is 12.3 Å². The van der Waals surface area contributed by atoms with E-state index in [1.165, 1.54) is 9.36 Å². The van der Waals surface area contributed by atoms with Crippen LogP contribution in [0.15, 0.2) is 29.1 Å². The highest BCUT2D eigenvalue weighted by Gasteiger charge is 2.51. The molecule has 158 valence electrons. The van der Waals surface area contributed by atoms with Gasteiger partial charge in [-0.3, -0.25) is 0 Å². The molecule has 0 saturated carbocycles. The van der Waals surface area contributed by atoms with Crippen molar-refractivity contribution in [3.63, 3.8) is 0 Å². The summed E-state index contributed by atoms with van der Waals surface area (Å²) < 4.78 is 20.2. The number of aromatic nitrogens is 4. The van der Waals surface area contributed by atoms with Gasteiger partial charge in [0.2, 0.25) is 0 Å². The second-order valence-corrected chi connectivity index (χ2v) is 15.3. The summed E-state index contributed by atoms with van der Waals surface area (Å²) in [5, 5.41) is 7.89. The molecule has 0 N–H and O–H groups in total. The molecular weight excluding hydrogens is 387 g/mol. The van der Waals surface area contributed by atoms with E-state index in [1.54, 1.807) is 0 Å². The Labute approximate surface area is 173 Å². The highest BCUT2D eigenvalue weighted by atomic mass is 28.3. The summed E-state index contributed by atoms with van der Waals surface area (Å²) in [6.07, 6.45) is 0. The van der Waals surface area contributed by atoms with Gasteiger partial charge in [0.05, 0.1) is 16.9 Å². The van der Waals surface area contributed by atoms with Gasteiger partial charge in [-0.05, 0) is 61.8 Å². The lowest BCUT2D eigenvalue weighted by Gasteiger charge is -2.32. The SMILES string of the molecule is CC1(C)OB(c2ccc(-n3nnn(COCC[Si](C)(C)C)c3=O)cc2)OC1(C)C. The Hall–Kier alpha value is -1.75. The molecule has 0 spiro atoms. The number of nitrogens with zero attached hydrogens (tertiary/aromatic N) is 4. The minimum Gasteiger partial charge on any atom is -0.399 e. The molecule has 0 amide bonds. The Morgan fingerprint density at radius 1 is 1.03 bits per heavy atom. The Kier molecular flexibility index (Phi) is 5.92. The van der Waals surface area contributed by atoms with E-state index in [1.807, 2.05) is 52.0 Å². The maximum Gasteiger partial charge on any atom is 0.494 e. The standard InChI is InChI=1S/C19H31BN4O4Si/c1-18(2)19(3,4)28-20(27-18)15-8-10-16(11-9-15)24-17(25)23(21-22-24)14-26-12-13-29(5,6)7/h8-11H,12-14H2,1-7H3. The van der Waals surface area contributed by atoms with Crippen LogP contribution in [0.1, 0.15) is 27.7 Å². The summed E-state index contributed by atoms with van der Waals surface area (Å²) in [5.74, 6) is 0. The first-order valence-electron chi connectivity index (χ1n) is 9.96. The van der Waals surface area contributed by atoms with Crippen molar-refractivity contribution < 1.29 is 14.0 Å². The summed E-state index contributed by atoms with van der Waals surface area (Å²) in [4.78, 5) is 12.6. The number of tetrazole rings is 1. The zero-order chi connectivity index (χ0) is 21.4. The molecule has 2 heterocycles. The Bertz CT molecular complexity index is 886. The molecule has 0 unspecified atom stereocenters. The predicted octanol–water partition coefficient (Wildman–Crippen LogP) is 2.04. The topological polar surface area (TPSA) is 80.4 Å². The van der Waals surface area contributed by atoms with Crippen molar-refractivity contribution in [3.8, 4) is 5.69 Å². The van der Waals surface area contributed by atoms with Crippen molar-refractivity contribution in [1.82, 2.24) is 19.8 Å². The van der Waals surface area contributed by atoms with Crippen LogP contribution in [0.2, 0.25) is 25.7 Å². The normalized spacial score (nSPS) is 18.4. The number of hydrogen-bond donors (Lipinski definition) is 0. The lowest BCUT2D eigenvalue weighted by atomic mass is 9.79. The molecule has 0 bridgehead atoms. The van der Waals surface area contributed by atoms with Crippen LogP contribution in [0.4, 0.5) is 0 Å². The van der Waals surface area contributed by atoms with Crippen molar-refractivity contribution in [2.75, 3.05) is 6.61 Å². The maximum atomic E-state index is 12.6. The van der Waals surface area contributed by atoms with Crippen LogP contribution in [0.5, 0.6) is 0 Å². The van der Waals surface area contributed by atoms with E-state index in [9.17, 15) is 4.79 Å². The third-order valence-corrected chi connectivity index (χ3v) is 7.22. The molecule has 0 radical (unpaired) electrons. The molecule has 3 rings (SSSR count). The fraction of sp³-hybridized carbons (Fsp3) is 0.632. The Morgan fingerprint density at radius 3 is 2.17 bits per heavy atom. The minimum atomic E-state index is -1.17. The molecular formula is C19H31BN4O4Si. The number of benzene rings is 1. The maximum absolute atomic E-state index is 12.6. The smallest absolute Gasteiger partial charge is 0.399 e. The molecule has 2 aromatic rings. The van der Waals surface area contributed by atoms with Gasteiger partial charge in [0.1, 0.15) is 6.73 Å². The van der Waals surface area contributed by atoms with Gasteiger partial charge in [0.25, 0.3) is 0 Å². The highest BCUT2D eigenvalue weighted by Crippen LogP contribution is 2.36. The van der Waals surface area contributed by atoms with E-state index < -0.39 is 26.4 Å².